The summed E-state index contributed by atoms with van der Waals surface area (Å²) in [5.74, 6) is 1.87. The highest BCUT2D eigenvalue weighted by Crippen LogP contribution is 2.42. The van der Waals surface area contributed by atoms with Gasteiger partial charge in [-0.1, -0.05) is 121 Å². The van der Waals surface area contributed by atoms with Crippen LogP contribution in [0.25, 0.3) is 109 Å². The van der Waals surface area contributed by atoms with E-state index in [0.29, 0.717) is 17.5 Å². The number of aromatic nitrogens is 5. The summed E-state index contributed by atoms with van der Waals surface area (Å²) in [4.78, 5) is 24.8. The Morgan fingerprint density at radius 3 is 1.62 bits per heavy atom. The average molecular weight is 742 g/mol. The first-order valence-corrected chi connectivity index (χ1v) is 19.5. The first kappa shape index (κ1) is 31.6. The zero-order valence-corrected chi connectivity index (χ0v) is 30.7. The number of thiazole rings is 2. The smallest absolute Gasteiger partial charge is 0.164 e. The first-order chi connectivity index (χ1) is 27.2. The number of para-hydroxylation sites is 3. The van der Waals surface area contributed by atoms with Gasteiger partial charge in [0.25, 0.3) is 0 Å². The van der Waals surface area contributed by atoms with Crippen molar-refractivity contribution in [1.82, 2.24) is 24.9 Å². The van der Waals surface area contributed by atoms with Gasteiger partial charge in [-0.2, -0.15) is 0 Å². The summed E-state index contributed by atoms with van der Waals surface area (Å²) in [5, 5.41) is 4.06. The minimum atomic E-state index is 0.608. The second kappa shape index (κ2) is 12.9. The molecular weight excluding hydrogens is 715 g/mol. The minimum absolute atomic E-state index is 0.608. The van der Waals surface area contributed by atoms with Crippen LogP contribution in [-0.4, -0.2) is 24.9 Å². The molecule has 0 bridgehead atoms. The predicted octanol–water partition coefficient (Wildman–Crippen LogP) is 13.0. The standard InChI is InChI=1S/C47H27N5OS2/c1-3-12-28(13-4-1)43-50-44(29-14-5-2-6-15-29)52-45(51-43)31-24-25-40-38(27-31)49-46(54-40)32-17-9-16-30(26-32)33-18-10-19-34-35-20-11-21-36(42(35)53-41(33)34)47-48-37-22-7-8-23-39(37)55-47/h1-27H. The van der Waals surface area contributed by atoms with E-state index in [1.165, 1.54) is 0 Å². The van der Waals surface area contributed by atoms with Crippen LogP contribution in [-0.2, 0) is 0 Å². The van der Waals surface area contributed by atoms with Crippen LogP contribution in [0.4, 0.5) is 0 Å². The fourth-order valence-electron chi connectivity index (χ4n) is 7.15. The van der Waals surface area contributed by atoms with E-state index in [1.54, 1.807) is 22.7 Å². The lowest BCUT2D eigenvalue weighted by atomic mass is 10.0. The number of benzene rings is 7. The molecule has 258 valence electrons. The Morgan fingerprint density at radius 1 is 0.345 bits per heavy atom. The maximum Gasteiger partial charge on any atom is 0.164 e. The number of furan rings is 1. The fraction of sp³-hybridized carbons (Fsp3) is 0. The molecule has 0 atom stereocenters. The van der Waals surface area contributed by atoms with E-state index in [1.807, 2.05) is 66.7 Å². The van der Waals surface area contributed by atoms with Crippen LogP contribution >= 0.6 is 22.7 Å². The Hall–Kier alpha value is -6.87. The van der Waals surface area contributed by atoms with Crippen molar-refractivity contribution in [2.45, 2.75) is 0 Å². The normalized spacial score (nSPS) is 11.6. The third-order valence-corrected chi connectivity index (χ3v) is 12.0. The van der Waals surface area contributed by atoms with Gasteiger partial charge in [0, 0.05) is 38.6 Å². The molecule has 0 spiro atoms. The lowest BCUT2D eigenvalue weighted by molar-refractivity contribution is 0.671. The van der Waals surface area contributed by atoms with Crippen LogP contribution in [0.5, 0.6) is 0 Å². The maximum atomic E-state index is 6.78. The van der Waals surface area contributed by atoms with Crippen molar-refractivity contribution in [3.05, 3.63) is 164 Å². The van der Waals surface area contributed by atoms with E-state index in [-0.39, 0.29) is 0 Å². The molecule has 0 aliphatic rings. The van der Waals surface area contributed by atoms with Crippen molar-refractivity contribution in [3.63, 3.8) is 0 Å². The number of nitrogens with zero attached hydrogens (tertiary/aromatic N) is 5. The molecule has 0 saturated heterocycles. The van der Waals surface area contributed by atoms with Crippen molar-refractivity contribution < 1.29 is 4.42 Å². The highest BCUT2D eigenvalue weighted by Gasteiger charge is 2.19. The van der Waals surface area contributed by atoms with E-state index in [4.69, 9.17) is 29.3 Å². The molecule has 0 fully saturated rings. The molecule has 4 aromatic heterocycles. The van der Waals surface area contributed by atoms with Gasteiger partial charge in [0.1, 0.15) is 21.2 Å². The van der Waals surface area contributed by atoms with Gasteiger partial charge in [0.2, 0.25) is 0 Å². The van der Waals surface area contributed by atoms with Gasteiger partial charge in [-0.05, 0) is 48.0 Å². The number of rotatable bonds is 6. The van der Waals surface area contributed by atoms with E-state index in [0.717, 1.165) is 91.3 Å². The van der Waals surface area contributed by atoms with Crippen molar-refractivity contribution >= 4 is 65.0 Å². The molecule has 0 radical (unpaired) electrons. The van der Waals surface area contributed by atoms with Gasteiger partial charge < -0.3 is 4.42 Å². The number of hydrogen-bond donors (Lipinski definition) is 0. The highest BCUT2D eigenvalue weighted by molar-refractivity contribution is 7.22. The molecule has 11 rings (SSSR count). The van der Waals surface area contributed by atoms with Crippen molar-refractivity contribution in [3.8, 4) is 66.4 Å². The molecule has 4 heterocycles. The molecule has 0 N–H and O–H groups in total. The maximum absolute atomic E-state index is 6.78. The van der Waals surface area contributed by atoms with E-state index >= 15 is 0 Å². The molecule has 55 heavy (non-hydrogen) atoms. The quantitative estimate of drug-likeness (QED) is 0.169. The molecule has 7 aromatic carbocycles. The van der Waals surface area contributed by atoms with Gasteiger partial charge in [-0.3, -0.25) is 0 Å². The van der Waals surface area contributed by atoms with Gasteiger partial charge in [-0.15, -0.1) is 22.7 Å². The summed E-state index contributed by atoms with van der Waals surface area (Å²) in [6.45, 7) is 0. The number of hydrogen-bond acceptors (Lipinski definition) is 8. The lowest BCUT2D eigenvalue weighted by Gasteiger charge is -2.08. The predicted molar refractivity (Wildman–Crippen MR) is 226 cm³/mol. The van der Waals surface area contributed by atoms with E-state index in [9.17, 15) is 0 Å². The van der Waals surface area contributed by atoms with Gasteiger partial charge in [0.05, 0.1) is 26.0 Å². The third-order valence-electron chi connectivity index (χ3n) is 9.81. The molecule has 0 unspecified atom stereocenters. The second-order valence-corrected chi connectivity index (χ2v) is 15.3. The molecule has 11 aromatic rings. The Kier molecular flexibility index (Phi) is 7.43. The Morgan fingerprint density at radius 2 is 0.891 bits per heavy atom. The fourth-order valence-corrected chi connectivity index (χ4v) is 9.08. The third kappa shape index (κ3) is 5.58. The first-order valence-electron chi connectivity index (χ1n) is 17.9. The zero-order valence-electron chi connectivity index (χ0n) is 29.0. The van der Waals surface area contributed by atoms with Gasteiger partial charge in [-0.25, -0.2) is 24.9 Å². The summed E-state index contributed by atoms with van der Waals surface area (Å²) in [6, 6.07) is 55.9. The van der Waals surface area contributed by atoms with Crippen LogP contribution in [0.15, 0.2) is 168 Å². The lowest BCUT2D eigenvalue weighted by Crippen LogP contribution is -2.00. The minimum Gasteiger partial charge on any atom is -0.455 e. The monoisotopic (exact) mass is 741 g/mol. The molecule has 0 amide bonds. The molecule has 0 saturated carbocycles. The molecule has 0 aliphatic carbocycles. The summed E-state index contributed by atoms with van der Waals surface area (Å²) in [5.41, 5.74) is 10.5. The summed E-state index contributed by atoms with van der Waals surface area (Å²) in [6.07, 6.45) is 0. The van der Waals surface area contributed by atoms with Crippen LogP contribution < -0.4 is 0 Å². The Bertz CT molecular complexity index is 3130. The van der Waals surface area contributed by atoms with Crippen LogP contribution in [0.3, 0.4) is 0 Å². The average Bonchev–Trinajstić information content (AvgIpc) is 3.99. The van der Waals surface area contributed by atoms with Crippen LogP contribution in [0, 0.1) is 0 Å². The van der Waals surface area contributed by atoms with Crippen molar-refractivity contribution in [2.75, 3.05) is 0 Å². The van der Waals surface area contributed by atoms with Crippen LogP contribution in [0.1, 0.15) is 0 Å². The summed E-state index contributed by atoms with van der Waals surface area (Å²) >= 11 is 3.36. The molecule has 6 nitrogen and oxygen atoms in total. The topological polar surface area (TPSA) is 77.6 Å². The zero-order chi connectivity index (χ0) is 36.3. The van der Waals surface area contributed by atoms with Gasteiger partial charge >= 0.3 is 0 Å². The molecule has 8 heteroatoms. The molecular formula is C47H27N5OS2. The van der Waals surface area contributed by atoms with Crippen molar-refractivity contribution in [1.29, 1.82) is 0 Å². The second-order valence-electron chi connectivity index (χ2n) is 13.3. The van der Waals surface area contributed by atoms with Crippen LogP contribution in [0.2, 0.25) is 0 Å². The van der Waals surface area contributed by atoms with Gasteiger partial charge in [0.15, 0.2) is 17.5 Å². The number of fused-ring (bicyclic) bond motifs is 5. The van der Waals surface area contributed by atoms with E-state index < -0.39 is 0 Å². The Labute approximate surface area is 323 Å². The Balaban J connectivity index is 0.975. The van der Waals surface area contributed by atoms with Crippen molar-refractivity contribution in [2.24, 2.45) is 0 Å². The SMILES string of the molecule is c1ccc(-c2nc(-c3ccccc3)nc(-c3ccc4sc(-c5cccc(-c6cccc7c6oc6c(-c8nc9ccccc9s8)cccc67)c5)nc4c3)n2)cc1. The summed E-state index contributed by atoms with van der Waals surface area (Å²) < 4.78 is 9.03. The highest BCUT2D eigenvalue weighted by atomic mass is 32.1. The van der Waals surface area contributed by atoms with E-state index in [2.05, 4.69) is 97.1 Å². The summed E-state index contributed by atoms with van der Waals surface area (Å²) in [7, 11) is 0. The molecule has 0 aliphatic heterocycles. The largest absolute Gasteiger partial charge is 0.455 e.